The van der Waals surface area contributed by atoms with Gasteiger partial charge in [-0.3, -0.25) is 24.0 Å². The number of hydrogen-bond acceptors (Lipinski definition) is 45. The monoisotopic (exact) mass is 1670 g/mol. The molecular formula is C64H107N5O45. The number of carbonyl (C=O) groups excluding carboxylic acids is 5. The lowest BCUT2D eigenvalue weighted by Crippen LogP contribution is -2.72. The van der Waals surface area contributed by atoms with Crippen molar-refractivity contribution in [3.05, 3.63) is 0 Å². The minimum absolute atomic E-state index is 0.787. The molecule has 9 heterocycles. The Balaban J connectivity index is 1.10. The van der Waals surface area contributed by atoms with Gasteiger partial charge in [0.05, 0.1) is 59.0 Å². The molecule has 658 valence electrons. The highest BCUT2D eigenvalue weighted by molar-refractivity contribution is 5.75. The van der Waals surface area contributed by atoms with Crippen molar-refractivity contribution in [2.24, 2.45) is 0 Å². The van der Waals surface area contributed by atoms with Crippen LogP contribution in [0.1, 0.15) is 41.5 Å². The average Bonchev–Trinajstić information content (AvgIpc) is 0.767. The summed E-state index contributed by atoms with van der Waals surface area (Å²) in [6, 6.07) is -9.13. The van der Waals surface area contributed by atoms with E-state index in [1.54, 1.807) is 0 Å². The molecule has 9 aliphatic heterocycles. The van der Waals surface area contributed by atoms with Crippen LogP contribution in [0.25, 0.3) is 0 Å². The second-order valence-electron chi connectivity index (χ2n) is 28.9. The van der Waals surface area contributed by atoms with Gasteiger partial charge in [-0.1, -0.05) is 0 Å². The van der Waals surface area contributed by atoms with Crippen molar-refractivity contribution < 1.29 is 222 Å². The van der Waals surface area contributed by atoms with E-state index in [9.17, 15) is 141 Å². The molecule has 0 spiro atoms. The van der Waals surface area contributed by atoms with Gasteiger partial charge in [0.15, 0.2) is 56.6 Å². The van der Waals surface area contributed by atoms with E-state index < -0.39 is 358 Å². The fourth-order valence-corrected chi connectivity index (χ4v) is 14.8. The molecule has 45 atom stereocenters. The zero-order chi connectivity index (χ0) is 84.1. The zero-order valence-corrected chi connectivity index (χ0v) is 61.9. The number of rotatable bonds is 29. The molecule has 50 heteroatoms. The molecule has 114 heavy (non-hydrogen) atoms. The lowest BCUT2D eigenvalue weighted by molar-refractivity contribution is -0.402. The summed E-state index contributed by atoms with van der Waals surface area (Å²) >= 11 is 0. The first-order valence-corrected chi connectivity index (χ1v) is 36.5. The van der Waals surface area contributed by atoms with Gasteiger partial charge in [-0.2, -0.15) is 0 Å². The molecule has 0 aromatic carbocycles. The highest BCUT2D eigenvalue weighted by Crippen LogP contribution is 2.41. The van der Waals surface area contributed by atoms with E-state index in [0.29, 0.717) is 0 Å². The molecule has 28 N–H and O–H groups in total. The SMILES string of the molecule is CC(=O)N[C@@H]1[C@@H](O)[C@H](O[C@@H]2O[C@H](CO)[C@@H](O[C@@H]3O[C@H](CO[C@H]4O[C@H](CO)[C@@H](O)[C@H](O)[C@@H]4O[C@@H]4O[C@H](CO)[C@@H](O)[C@H](O)[C@H]4NC(C)=O)[C@@H](O)[C@H](O[C@H]4O[C@H](CO)[C@@H](O)[C@H](O)[C@@H]4O[C@@H]4O[C@H](CO)[C@@H](O[C@@H]5O[C@H](CO)[C@H](O)[C@H](O)[C@H]5NC(C)=O)[C@H](O[C@@H]5O[C@@H](C)[C@@H](O)[C@@H](O)[C@@H]5O)[C@H]4NC(C)=O)[C@@H]3O)[C@H](O)[C@H]2NC(C)=O)[C@@H](CO)O[C@H]1O. The van der Waals surface area contributed by atoms with Crippen LogP contribution in [0, 0.1) is 0 Å². The largest absolute Gasteiger partial charge is 0.394 e. The van der Waals surface area contributed by atoms with Gasteiger partial charge >= 0.3 is 0 Å². The minimum Gasteiger partial charge on any atom is -0.394 e. The molecule has 9 saturated heterocycles. The van der Waals surface area contributed by atoms with Gasteiger partial charge in [-0.25, -0.2) is 0 Å². The summed E-state index contributed by atoms with van der Waals surface area (Å²) in [7, 11) is 0. The first kappa shape index (κ1) is 93.6. The molecule has 0 radical (unpaired) electrons. The van der Waals surface area contributed by atoms with Gasteiger partial charge in [0.2, 0.25) is 29.5 Å². The average molecular weight is 1670 g/mol. The summed E-state index contributed by atoms with van der Waals surface area (Å²) in [6.45, 7) is -2.78. The molecule has 0 bridgehead atoms. The Kier molecular flexibility index (Phi) is 33.6. The van der Waals surface area contributed by atoms with Crippen LogP contribution in [0.4, 0.5) is 0 Å². The molecule has 9 aliphatic rings. The van der Waals surface area contributed by atoms with E-state index in [1.165, 1.54) is 6.92 Å². The fraction of sp³-hybridized carbons (Fsp3) is 0.922. The summed E-state index contributed by atoms with van der Waals surface area (Å²) in [4.78, 5) is 63.9. The van der Waals surface area contributed by atoms with Crippen LogP contribution in [0.3, 0.4) is 0 Å². The Bertz CT molecular complexity index is 3080. The fourth-order valence-electron chi connectivity index (χ4n) is 14.8. The summed E-state index contributed by atoms with van der Waals surface area (Å²) in [5.41, 5.74) is 0. The van der Waals surface area contributed by atoms with Gasteiger partial charge in [-0.05, 0) is 6.92 Å². The Morgan fingerprint density at radius 2 is 0.553 bits per heavy atom. The Labute approximate surface area is 646 Å². The third-order valence-electron chi connectivity index (χ3n) is 20.7. The third kappa shape index (κ3) is 20.8. The first-order chi connectivity index (χ1) is 53.9. The van der Waals surface area contributed by atoms with Crippen molar-refractivity contribution in [3.8, 4) is 0 Å². The van der Waals surface area contributed by atoms with Crippen LogP contribution < -0.4 is 26.6 Å². The smallest absolute Gasteiger partial charge is 0.217 e. The standard InChI is InChI=1S/C64H107N5O45/c1-15-34(82)44(92)47(95)61(99-15)111-52-33(69-20(6)81)60(106-27(13-76)51(52)110-57-30(66-17(3)78)40(88)35(83)21(7-70)101-57)114-55-46(94)38(86)24(10-73)104-64(55)112-53-39(87)28(14-98-63-54(45(93)37(85)23(9-72)103-63)113-58-31(67-18(4)79)41(89)36(84)22(8-71)102-58)107-62(48(53)96)109-50-26(12-75)105-59(32(43(50)91)68-19(5)80)108-49-25(11-74)100-56(97)29(42(49)90)65-16(2)77/h15,21-64,70-76,82-97H,7-14H2,1-6H3,(H,65,77)(H,66,78)(H,67,79)(H,68,80)(H,69,81)/t15-,21+,22+,23+,24+,25+,26+,27+,28+,29+,30+,31+,32+,33+,34+,35-,36+,37+,38+,39+,40+,41+,42+,43+,44+,45-,46-,47-,48-,49+,50+,51+,52+,53-,54-,55-,56+,57-,58-,59-,60-,61-,62-,63-,64+/m0/s1. The minimum atomic E-state index is -2.60. The molecule has 5 amide bonds. The number of aliphatic hydroxyl groups is 23. The molecule has 0 saturated carbocycles. The number of carbonyl (C=O) groups is 5. The van der Waals surface area contributed by atoms with Crippen LogP contribution in [0.15, 0.2) is 0 Å². The molecule has 0 aromatic heterocycles. The van der Waals surface area contributed by atoms with E-state index >= 15 is 0 Å². The molecular weight excluding hydrogens is 1560 g/mol. The normalized spacial score (nSPS) is 48.2. The van der Waals surface area contributed by atoms with Gasteiger partial charge in [0.25, 0.3) is 0 Å². The molecule has 0 aromatic rings. The van der Waals surface area contributed by atoms with Crippen molar-refractivity contribution >= 4 is 29.5 Å². The Hall–Kier alpha value is -4.25. The quantitative estimate of drug-likeness (QED) is 0.0331. The molecule has 50 nitrogen and oxygen atoms in total. The molecule has 9 rings (SSSR count). The number of amides is 5. The van der Waals surface area contributed by atoms with Gasteiger partial charge in [-0.15, -0.1) is 0 Å². The number of aliphatic hydroxyl groups excluding tert-OH is 23. The predicted molar refractivity (Wildman–Crippen MR) is 354 cm³/mol. The van der Waals surface area contributed by atoms with Crippen molar-refractivity contribution in [2.45, 2.75) is 318 Å². The number of nitrogens with one attached hydrogen (secondary N) is 5. The number of hydrogen-bond donors (Lipinski definition) is 28. The van der Waals surface area contributed by atoms with E-state index in [4.69, 9.17) is 80.5 Å². The maximum absolute atomic E-state index is 13.6. The highest BCUT2D eigenvalue weighted by Gasteiger charge is 2.62. The third-order valence-corrected chi connectivity index (χ3v) is 20.7. The van der Waals surface area contributed by atoms with Crippen LogP contribution in [0.5, 0.6) is 0 Å². The molecule has 0 aliphatic carbocycles. The maximum atomic E-state index is 13.6. The summed E-state index contributed by atoms with van der Waals surface area (Å²) in [5, 5.41) is 270. The van der Waals surface area contributed by atoms with Crippen LogP contribution in [-0.4, -0.2) is 476 Å². The van der Waals surface area contributed by atoms with Gasteiger partial charge < -0.3 is 225 Å². The summed E-state index contributed by atoms with van der Waals surface area (Å²) < 4.78 is 103. The highest BCUT2D eigenvalue weighted by atomic mass is 16.8. The predicted octanol–water partition coefficient (Wildman–Crippen LogP) is -18.9. The Morgan fingerprint density at radius 3 is 1.01 bits per heavy atom. The lowest BCUT2D eigenvalue weighted by atomic mass is 9.93. The zero-order valence-electron chi connectivity index (χ0n) is 61.9. The van der Waals surface area contributed by atoms with E-state index in [0.717, 1.165) is 34.6 Å². The second kappa shape index (κ2) is 40.9. The topological polar surface area (TPSA) is 768 Å². The lowest BCUT2D eigenvalue weighted by Gasteiger charge is -2.52. The maximum Gasteiger partial charge on any atom is 0.217 e. The van der Waals surface area contributed by atoms with Gasteiger partial charge in [0, 0.05) is 34.6 Å². The van der Waals surface area contributed by atoms with Crippen LogP contribution >= 0.6 is 0 Å². The van der Waals surface area contributed by atoms with E-state index in [2.05, 4.69) is 26.6 Å². The molecule has 0 unspecified atom stereocenters. The second-order valence-corrected chi connectivity index (χ2v) is 28.9. The number of ether oxygens (including phenoxy) is 17. The van der Waals surface area contributed by atoms with Crippen LogP contribution in [0.2, 0.25) is 0 Å². The van der Waals surface area contributed by atoms with Crippen molar-refractivity contribution in [1.29, 1.82) is 0 Å². The summed E-state index contributed by atoms with van der Waals surface area (Å²) in [6.07, 6.45) is -82.9. The first-order valence-electron chi connectivity index (χ1n) is 36.5. The van der Waals surface area contributed by atoms with Crippen molar-refractivity contribution in [2.75, 3.05) is 52.9 Å². The Morgan fingerprint density at radius 1 is 0.246 bits per heavy atom. The van der Waals surface area contributed by atoms with Crippen molar-refractivity contribution in [1.82, 2.24) is 26.6 Å². The summed E-state index contributed by atoms with van der Waals surface area (Å²) in [5.74, 6) is -4.44. The van der Waals surface area contributed by atoms with E-state index in [1.807, 2.05) is 0 Å². The molecule has 9 fully saturated rings. The van der Waals surface area contributed by atoms with E-state index in [-0.39, 0.29) is 0 Å². The van der Waals surface area contributed by atoms with Crippen LogP contribution in [-0.2, 0) is 104 Å². The van der Waals surface area contributed by atoms with Crippen molar-refractivity contribution in [3.63, 3.8) is 0 Å². The van der Waals surface area contributed by atoms with Gasteiger partial charge in [0.1, 0.15) is 213 Å².